The topological polar surface area (TPSA) is 9.23 Å². The standard InChI is InChI=1S/C20H15FO/c21-20-16-10-4-5-11-17(16)22-18-12-6-9-15(19(18)20)13-14-7-2-1-3-8-14/h1-12,20H,13H2. The molecule has 4 rings (SSSR count). The molecule has 1 heterocycles. The summed E-state index contributed by atoms with van der Waals surface area (Å²) in [5, 5.41) is 0. The molecule has 0 radical (unpaired) electrons. The van der Waals surface area contributed by atoms with Gasteiger partial charge in [-0.1, -0.05) is 60.7 Å². The molecule has 1 unspecified atom stereocenters. The van der Waals surface area contributed by atoms with Gasteiger partial charge in [-0.2, -0.15) is 0 Å². The van der Waals surface area contributed by atoms with Gasteiger partial charge in [0.25, 0.3) is 0 Å². The van der Waals surface area contributed by atoms with E-state index < -0.39 is 6.17 Å². The van der Waals surface area contributed by atoms with Crippen LogP contribution in [0.1, 0.15) is 28.4 Å². The van der Waals surface area contributed by atoms with Crippen LogP contribution in [-0.4, -0.2) is 0 Å². The molecule has 0 N–H and O–H groups in total. The summed E-state index contributed by atoms with van der Waals surface area (Å²) in [6.07, 6.45) is -0.435. The Hall–Kier alpha value is -2.61. The molecule has 0 spiro atoms. The van der Waals surface area contributed by atoms with Gasteiger partial charge in [-0.25, -0.2) is 4.39 Å². The normalized spacial score (nSPS) is 15.6. The molecule has 1 nitrogen and oxygen atoms in total. The molecule has 1 aliphatic heterocycles. The van der Waals surface area contributed by atoms with Crippen molar-refractivity contribution in [2.45, 2.75) is 12.6 Å². The van der Waals surface area contributed by atoms with Crippen molar-refractivity contribution < 1.29 is 9.13 Å². The molecule has 3 aromatic carbocycles. The minimum Gasteiger partial charge on any atom is -0.457 e. The zero-order valence-electron chi connectivity index (χ0n) is 12.0. The second kappa shape index (κ2) is 5.30. The molecule has 22 heavy (non-hydrogen) atoms. The first-order valence-electron chi connectivity index (χ1n) is 7.39. The Kier molecular flexibility index (Phi) is 3.15. The molecule has 3 aromatic rings. The van der Waals surface area contributed by atoms with Crippen molar-refractivity contribution in [1.82, 2.24) is 0 Å². The lowest BCUT2D eigenvalue weighted by atomic mass is 9.91. The predicted octanol–water partition coefficient (Wildman–Crippen LogP) is 5.44. The lowest BCUT2D eigenvalue weighted by molar-refractivity contribution is 0.343. The van der Waals surface area contributed by atoms with Crippen LogP contribution in [0.3, 0.4) is 0 Å². The van der Waals surface area contributed by atoms with Gasteiger partial charge in [-0.05, 0) is 29.7 Å². The fourth-order valence-electron chi connectivity index (χ4n) is 2.99. The van der Waals surface area contributed by atoms with E-state index in [-0.39, 0.29) is 0 Å². The number of ether oxygens (including phenoxy) is 1. The summed E-state index contributed by atoms with van der Waals surface area (Å²) < 4.78 is 20.9. The Morgan fingerprint density at radius 3 is 2.36 bits per heavy atom. The minimum absolute atomic E-state index is 0.607. The Bertz CT molecular complexity index is 811. The van der Waals surface area contributed by atoms with Gasteiger partial charge in [0.15, 0.2) is 6.17 Å². The first-order valence-corrected chi connectivity index (χ1v) is 7.39. The fourth-order valence-corrected chi connectivity index (χ4v) is 2.99. The Labute approximate surface area is 129 Å². The number of fused-ring (bicyclic) bond motifs is 2. The molecule has 0 amide bonds. The van der Waals surface area contributed by atoms with Gasteiger partial charge in [0.05, 0.1) is 0 Å². The number of hydrogen-bond donors (Lipinski definition) is 0. The number of benzene rings is 3. The highest BCUT2D eigenvalue weighted by molar-refractivity contribution is 5.55. The molecule has 1 atom stereocenters. The monoisotopic (exact) mass is 290 g/mol. The zero-order chi connectivity index (χ0) is 14.9. The highest BCUT2D eigenvalue weighted by Gasteiger charge is 2.28. The van der Waals surface area contributed by atoms with E-state index in [4.69, 9.17) is 4.74 Å². The molecule has 0 saturated heterocycles. The molecule has 0 bridgehead atoms. The highest BCUT2D eigenvalue weighted by Crippen LogP contribution is 2.46. The van der Waals surface area contributed by atoms with E-state index in [0.29, 0.717) is 29.0 Å². The maximum atomic E-state index is 15.1. The van der Waals surface area contributed by atoms with E-state index >= 15 is 4.39 Å². The average Bonchev–Trinajstić information content (AvgIpc) is 2.56. The number of rotatable bonds is 2. The second-order valence-electron chi connectivity index (χ2n) is 5.49. The Morgan fingerprint density at radius 2 is 1.50 bits per heavy atom. The molecular formula is C20H15FO. The van der Waals surface area contributed by atoms with Crippen molar-refractivity contribution in [3.05, 3.63) is 95.1 Å². The van der Waals surface area contributed by atoms with Gasteiger partial charge in [0, 0.05) is 11.1 Å². The predicted molar refractivity (Wildman–Crippen MR) is 85.2 cm³/mol. The van der Waals surface area contributed by atoms with E-state index in [1.807, 2.05) is 54.6 Å². The molecule has 2 heteroatoms. The van der Waals surface area contributed by atoms with Crippen molar-refractivity contribution >= 4 is 0 Å². The van der Waals surface area contributed by atoms with Crippen LogP contribution in [0.4, 0.5) is 4.39 Å². The summed E-state index contributed by atoms with van der Waals surface area (Å²) >= 11 is 0. The van der Waals surface area contributed by atoms with E-state index in [2.05, 4.69) is 12.1 Å². The maximum absolute atomic E-state index is 15.1. The van der Waals surface area contributed by atoms with Crippen molar-refractivity contribution in [2.24, 2.45) is 0 Å². The molecule has 0 aliphatic carbocycles. The summed E-state index contributed by atoms with van der Waals surface area (Å²) in [4.78, 5) is 0. The van der Waals surface area contributed by atoms with E-state index in [1.54, 1.807) is 6.07 Å². The number of para-hydroxylation sites is 1. The van der Waals surface area contributed by atoms with Crippen LogP contribution < -0.4 is 4.74 Å². The number of hydrogen-bond acceptors (Lipinski definition) is 1. The third kappa shape index (κ3) is 2.17. The van der Waals surface area contributed by atoms with Crippen molar-refractivity contribution in [1.29, 1.82) is 0 Å². The Balaban J connectivity index is 1.79. The van der Waals surface area contributed by atoms with Gasteiger partial charge >= 0.3 is 0 Å². The van der Waals surface area contributed by atoms with Crippen LogP contribution in [0, 0.1) is 0 Å². The van der Waals surface area contributed by atoms with Crippen LogP contribution in [0.5, 0.6) is 11.5 Å². The highest BCUT2D eigenvalue weighted by atomic mass is 19.1. The number of halogens is 1. The summed E-state index contributed by atoms with van der Waals surface area (Å²) in [6.45, 7) is 0. The van der Waals surface area contributed by atoms with Crippen LogP contribution >= 0.6 is 0 Å². The summed E-state index contributed by atoms with van der Waals surface area (Å²) in [5.41, 5.74) is 3.41. The molecule has 0 fully saturated rings. The number of alkyl halides is 1. The summed E-state index contributed by atoms with van der Waals surface area (Å²) in [5.74, 6) is 1.24. The van der Waals surface area contributed by atoms with Gasteiger partial charge in [0.1, 0.15) is 11.5 Å². The van der Waals surface area contributed by atoms with Crippen LogP contribution in [0.25, 0.3) is 0 Å². The summed E-state index contributed by atoms with van der Waals surface area (Å²) in [6, 6.07) is 23.2. The van der Waals surface area contributed by atoms with Crippen molar-refractivity contribution in [3.63, 3.8) is 0 Å². The van der Waals surface area contributed by atoms with Crippen molar-refractivity contribution in [3.8, 4) is 11.5 Å². The first kappa shape index (κ1) is 13.1. The SMILES string of the molecule is FC1c2ccccc2Oc2cccc(Cc3ccccc3)c21. The molecule has 108 valence electrons. The van der Waals surface area contributed by atoms with Crippen LogP contribution in [0.15, 0.2) is 72.8 Å². The lowest BCUT2D eigenvalue weighted by Gasteiger charge is -2.25. The quantitative estimate of drug-likeness (QED) is 0.610. The van der Waals surface area contributed by atoms with Gasteiger partial charge in [-0.15, -0.1) is 0 Å². The van der Waals surface area contributed by atoms with Crippen LogP contribution in [-0.2, 0) is 6.42 Å². The fraction of sp³-hybridized carbons (Fsp3) is 0.100. The zero-order valence-corrected chi connectivity index (χ0v) is 12.0. The van der Waals surface area contributed by atoms with E-state index in [1.165, 1.54) is 5.56 Å². The Morgan fingerprint density at radius 1 is 0.773 bits per heavy atom. The minimum atomic E-state index is -1.14. The van der Waals surface area contributed by atoms with Gasteiger partial charge in [0.2, 0.25) is 0 Å². The maximum Gasteiger partial charge on any atom is 0.158 e. The van der Waals surface area contributed by atoms with E-state index in [0.717, 1.165) is 5.56 Å². The smallest absolute Gasteiger partial charge is 0.158 e. The molecular weight excluding hydrogens is 275 g/mol. The van der Waals surface area contributed by atoms with E-state index in [9.17, 15) is 0 Å². The van der Waals surface area contributed by atoms with Gasteiger partial charge < -0.3 is 4.74 Å². The van der Waals surface area contributed by atoms with Crippen LogP contribution in [0.2, 0.25) is 0 Å². The van der Waals surface area contributed by atoms with Crippen molar-refractivity contribution in [2.75, 3.05) is 0 Å². The average molecular weight is 290 g/mol. The third-order valence-electron chi connectivity index (χ3n) is 4.06. The largest absolute Gasteiger partial charge is 0.457 e. The third-order valence-corrected chi connectivity index (χ3v) is 4.06. The molecule has 0 saturated carbocycles. The molecule has 0 aromatic heterocycles. The molecule has 1 aliphatic rings. The lowest BCUT2D eigenvalue weighted by Crippen LogP contribution is -2.09. The summed E-state index contributed by atoms with van der Waals surface area (Å²) in [7, 11) is 0. The van der Waals surface area contributed by atoms with Gasteiger partial charge in [-0.3, -0.25) is 0 Å². The second-order valence-corrected chi connectivity index (χ2v) is 5.49. The first-order chi connectivity index (χ1) is 10.8.